The van der Waals surface area contributed by atoms with Crippen LogP contribution < -0.4 is 0 Å². The van der Waals surface area contributed by atoms with Crippen LogP contribution in [0, 0.1) is 17.5 Å². The zero-order chi connectivity index (χ0) is 18.5. The smallest absolute Gasteiger partial charge is 0.159 e. The van der Waals surface area contributed by atoms with Crippen LogP contribution in [0.1, 0.15) is 35.1 Å². The Morgan fingerprint density at radius 3 is 2.23 bits per heavy atom. The maximum absolute atomic E-state index is 14.4. The van der Waals surface area contributed by atoms with Crippen LogP contribution in [0.5, 0.6) is 0 Å². The molecule has 3 heteroatoms. The number of hydrogen-bond donors (Lipinski definition) is 0. The minimum atomic E-state index is -0.919. The van der Waals surface area contributed by atoms with Crippen LogP contribution >= 0.6 is 0 Å². The summed E-state index contributed by atoms with van der Waals surface area (Å²) in [6, 6.07) is 18.8. The van der Waals surface area contributed by atoms with Crippen molar-refractivity contribution in [3.05, 3.63) is 106 Å². The molecule has 0 aliphatic rings. The van der Waals surface area contributed by atoms with E-state index in [2.05, 4.69) is 19.1 Å². The molecule has 132 valence electrons. The molecule has 0 saturated carbocycles. The summed E-state index contributed by atoms with van der Waals surface area (Å²) in [5.41, 5.74) is 3.02. The highest BCUT2D eigenvalue weighted by molar-refractivity contribution is 5.70. The molecule has 0 fully saturated rings. The van der Waals surface area contributed by atoms with E-state index in [-0.39, 0.29) is 5.82 Å². The first-order valence-corrected chi connectivity index (χ1v) is 8.49. The first-order valence-electron chi connectivity index (χ1n) is 8.49. The fraction of sp³-hybridized carbons (Fsp3) is 0.130. The zero-order valence-electron chi connectivity index (χ0n) is 14.4. The van der Waals surface area contributed by atoms with Crippen molar-refractivity contribution >= 4 is 12.2 Å². The van der Waals surface area contributed by atoms with E-state index in [1.165, 1.54) is 17.7 Å². The summed E-state index contributed by atoms with van der Waals surface area (Å²) in [6.07, 6.45) is 3.87. The third-order valence-corrected chi connectivity index (χ3v) is 4.37. The molecule has 0 aliphatic heterocycles. The molecule has 0 saturated heterocycles. The van der Waals surface area contributed by atoms with Crippen molar-refractivity contribution in [3.8, 4) is 0 Å². The lowest BCUT2D eigenvalue weighted by Crippen LogP contribution is -1.99. The highest BCUT2D eigenvalue weighted by Gasteiger charge is 2.08. The van der Waals surface area contributed by atoms with Gasteiger partial charge < -0.3 is 0 Å². The molecule has 0 spiro atoms. The van der Waals surface area contributed by atoms with E-state index in [0.29, 0.717) is 17.0 Å². The second-order valence-electron chi connectivity index (χ2n) is 6.38. The van der Waals surface area contributed by atoms with Gasteiger partial charge in [0.05, 0.1) is 0 Å². The molecule has 1 atom stereocenters. The quantitative estimate of drug-likeness (QED) is 0.453. The minimum absolute atomic E-state index is 0.291. The number of hydrogen-bond acceptors (Lipinski definition) is 0. The standard InChI is InChI=1S/C23H19F3/c1-16(19-5-3-2-4-6-19)13-18-8-11-20(22(25)15-18)10-7-17-9-12-21(24)23(26)14-17/h2-12,14-16H,13H2,1H3/t16-/m0/s1. The summed E-state index contributed by atoms with van der Waals surface area (Å²) in [5, 5.41) is 0. The van der Waals surface area contributed by atoms with Crippen molar-refractivity contribution in [3.63, 3.8) is 0 Å². The lowest BCUT2D eigenvalue weighted by molar-refractivity contribution is 0.508. The fourth-order valence-electron chi connectivity index (χ4n) is 2.89. The Hall–Kier alpha value is -2.81. The van der Waals surface area contributed by atoms with E-state index >= 15 is 0 Å². The van der Waals surface area contributed by atoms with Gasteiger partial charge in [0.15, 0.2) is 11.6 Å². The van der Waals surface area contributed by atoms with E-state index in [1.54, 1.807) is 18.2 Å². The molecule has 0 amide bonds. The molecule has 0 aliphatic carbocycles. The van der Waals surface area contributed by atoms with E-state index < -0.39 is 11.6 Å². The Balaban J connectivity index is 1.73. The van der Waals surface area contributed by atoms with Crippen molar-refractivity contribution in [1.29, 1.82) is 0 Å². The molecule has 0 aromatic heterocycles. The molecule has 26 heavy (non-hydrogen) atoms. The average Bonchev–Trinajstić information content (AvgIpc) is 2.64. The summed E-state index contributed by atoms with van der Waals surface area (Å²) in [6.45, 7) is 2.12. The van der Waals surface area contributed by atoms with E-state index in [1.807, 2.05) is 24.3 Å². The second kappa shape index (κ2) is 8.05. The Bertz CT molecular complexity index is 914. The van der Waals surface area contributed by atoms with Gasteiger partial charge in [-0.1, -0.05) is 67.6 Å². The predicted octanol–water partition coefficient (Wildman–Crippen LogP) is 6.62. The van der Waals surface area contributed by atoms with Gasteiger partial charge in [0.1, 0.15) is 5.82 Å². The first-order chi connectivity index (χ1) is 12.5. The fourth-order valence-corrected chi connectivity index (χ4v) is 2.89. The summed E-state index contributed by atoms with van der Waals surface area (Å²) in [4.78, 5) is 0. The maximum Gasteiger partial charge on any atom is 0.159 e. The van der Waals surface area contributed by atoms with Crippen LogP contribution in [0.15, 0.2) is 66.7 Å². The molecular weight excluding hydrogens is 333 g/mol. The van der Waals surface area contributed by atoms with Gasteiger partial charge in [-0.15, -0.1) is 0 Å². The first kappa shape index (κ1) is 18.0. The average molecular weight is 352 g/mol. The molecule has 0 bridgehead atoms. The second-order valence-corrected chi connectivity index (χ2v) is 6.38. The van der Waals surface area contributed by atoms with E-state index in [0.717, 1.165) is 24.1 Å². The third-order valence-electron chi connectivity index (χ3n) is 4.37. The van der Waals surface area contributed by atoms with Gasteiger partial charge in [0, 0.05) is 5.56 Å². The molecular formula is C23H19F3. The van der Waals surface area contributed by atoms with Crippen LogP contribution in [0.3, 0.4) is 0 Å². The normalized spacial score (nSPS) is 12.5. The minimum Gasteiger partial charge on any atom is -0.206 e. The third kappa shape index (κ3) is 4.42. The van der Waals surface area contributed by atoms with E-state index in [4.69, 9.17) is 0 Å². The number of rotatable bonds is 5. The van der Waals surface area contributed by atoms with E-state index in [9.17, 15) is 13.2 Å². The topological polar surface area (TPSA) is 0 Å². The van der Waals surface area contributed by atoms with Gasteiger partial charge in [-0.3, -0.25) is 0 Å². The van der Waals surface area contributed by atoms with Crippen LogP contribution in [-0.2, 0) is 6.42 Å². The van der Waals surface area contributed by atoms with Crippen LogP contribution in [0.25, 0.3) is 12.2 Å². The van der Waals surface area contributed by atoms with Crippen molar-refractivity contribution in [2.75, 3.05) is 0 Å². The molecule has 3 aromatic carbocycles. The molecule has 0 heterocycles. The molecule has 0 unspecified atom stereocenters. The Morgan fingerprint density at radius 1 is 0.769 bits per heavy atom. The Kier molecular flexibility index (Phi) is 5.57. The highest BCUT2D eigenvalue weighted by atomic mass is 19.2. The summed E-state index contributed by atoms with van der Waals surface area (Å²) >= 11 is 0. The lowest BCUT2D eigenvalue weighted by atomic mass is 9.93. The molecule has 3 aromatic rings. The van der Waals surface area contributed by atoms with Gasteiger partial charge >= 0.3 is 0 Å². The highest BCUT2D eigenvalue weighted by Crippen LogP contribution is 2.22. The SMILES string of the molecule is C[C@@H](Cc1ccc(C=Cc2ccc(F)c(F)c2)c(F)c1)c1ccccc1. The van der Waals surface area contributed by atoms with Crippen LogP contribution in [0.4, 0.5) is 13.2 Å². The van der Waals surface area contributed by atoms with Crippen LogP contribution in [0.2, 0.25) is 0 Å². The molecule has 0 radical (unpaired) electrons. The predicted molar refractivity (Wildman–Crippen MR) is 100 cm³/mol. The number of benzene rings is 3. The van der Waals surface area contributed by atoms with Crippen molar-refractivity contribution in [2.45, 2.75) is 19.3 Å². The monoisotopic (exact) mass is 352 g/mol. The Morgan fingerprint density at radius 2 is 1.54 bits per heavy atom. The molecule has 0 N–H and O–H groups in total. The van der Waals surface area contributed by atoms with Gasteiger partial charge in [-0.25, -0.2) is 13.2 Å². The van der Waals surface area contributed by atoms with Crippen molar-refractivity contribution < 1.29 is 13.2 Å². The summed E-state index contributed by atoms with van der Waals surface area (Å²) in [5.74, 6) is -1.86. The van der Waals surface area contributed by atoms with Gasteiger partial charge in [0.2, 0.25) is 0 Å². The molecule has 3 rings (SSSR count). The largest absolute Gasteiger partial charge is 0.206 e. The Labute approximate surface area is 151 Å². The van der Waals surface area contributed by atoms with Gasteiger partial charge in [-0.2, -0.15) is 0 Å². The van der Waals surface area contributed by atoms with Crippen molar-refractivity contribution in [2.24, 2.45) is 0 Å². The number of halogens is 3. The van der Waals surface area contributed by atoms with Crippen LogP contribution in [-0.4, -0.2) is 0 Å². The maximum atomic E-state index is 14.4. The molecule has 0 nitrogen and oxygen atoms in total. The van der Waals surface area contributed by atoms with Gasteiger partial charge in [0.25, 0.3) is 0 Å². The summed E-state index contributed by atoms with van der Waals surface area (Å²) < 4.78 is 40.5. The summed E-state index contributed by atoms with van der Waals surface area (Å²) in [7, 11) is 0. The van der Waals surface area contributed by atoms with Gasteiger partial charge in [-0.05, 0) is 47.2 Å². The lowest BCUT2D eigenvalue weighted by Gasteiger charge is -2.12. The van der Waals surface area contributed by atoms with Crippen molar-refractivity contribution in [1.82, 2.24) is 0 Å². The zero-order valence-corrected chi connectivity index (χ0v) is 14.4.